The lowest BCUT2D eigenvalue weighted by molar-refractivity contribution is 0.247. The Morgan fingerprint density at radius 1 is 1.28 bits per heavy atom. The van der Waals surface area contributed by atoms with Crippen LogP contribution in [0.1, 0.15) is 24.1 Å². The third-order valence-electron chi connectivity index (χ3n) is 3.95. The van der Waals surface area contributed by atoms with Crippen LogP contribution >= 0.6 is 0 Å². The molecule has 98 valence electrons. The minimum atomic E-state index is 0.515. The molecule has 2 N–H and O–H groups in total. The standard InChI is InChI=1S/C13H21N5/c1-10-11(8-14)9-15-13(16-10)18-6-4-17(5-7-18)12-2-3-12/h9,12H,2-8,14H2,1H3. The number of hydrogen-bond donors (Lipinski definition) is 1. The molecule has 0 unspecified atom stereocenters. The molecule has 1 aliphatic heterocycles. The van der Waals surface area contributed by atoms with Crippen molar-refractivity contribution in [2.24, 2.45) is 5.73 Å². The first-order valence-corrected chi connectivity index (χ1v) is 6.79. The molecule has 2 aliphatic rings. The summed E-state index contributed by atoms with van der Waals surface area (Å²) in [5, 5.41) is 0. The van der Waals surface area contributed by atoms with Crippen molar-refractivity contribution in [3.8, 4) is 0 Å². The molecule has 2 heterocycles. The van der Waals surface area contributed by atoms with Gasteiger partial charge in [-0.25, -0.2) is 9.97 Å². The maximum atomic E-state index is 5.64. The van der Waals surface area contributed by atoms with E-state index in [1.807, 2.05) is 13.1 Å². The summed E-state index contributed by atoms with van der Waals surface area (Å²) in [6.07, 6.45) is 4.65. The Labute approximate surface area is 108 Å². The molecule has 0 atom stereocenters. The maximum Gasteiger partial charge on any atom is 0.225 e. The molecule has 1 aromatic heterocycles. The lowest BCUT2D eigenvalue weighted by atomic mass is 10.2. The lowest BCUT2D eigenvalue weighted by Crippen LogP contribution is -2.47. The lowest BCUT2D eigenvalue weighted by Gasteiger charge is -2.34. The molecule has 0 bridgehead atoms. The second-order valence-electron chi connectivity index (χ2n) is 5.24. The van der Waals surface area contributed by atoms with Gasteiger partial charge in [-0.1, -0.05) is 0 Å². The molecule has 5 nitrogen and oxygen atoms in total. The summed E-state index contributed by atoms with van der Waals surface area (Å²) < 4.78 is 0. The van der Waals surface area contributed by atoms with Gasteiger partial charge in [-0.3, -0.25) is 4.90 Å². The summed E-state index contributed by atoms with van der Waals surface area (Å²) >= 11 is 0. The zero-order valence-corrected chi connectivity index (χ0v) is 11.0. The van der Waals surface area contributed by atoms with Crippen molar-refractivity contribution >= 4 is 5.95 Å². The number of rotatable bonds is 3. The number of aromatic nitrogens is 2. The fraction of sp³-hybridized carbons (Fsp3) is 0.692. The van der Waals surface area contributed by atoms with E-state index in [1.165, 1.54) is 12.8 Å². The normalized spacial score (nSPS) is 21.3. The summed E-state index contributed by atoms with van der Waals surface area (Å²) in [6, 6.07) is 0.870. The van der Waals surface area contributed by atoms with Gasteiger partial charge < -0.3 is 10.6 Å². The van der Waals surface area contributed by atoms with Crippen molar-refractivity contribution in [2.45, 2.75) is 32.4 Å². The molecule has 1 saturated heterocycles. The van der Waals surface area contributed by atoms with E-state index in [4.69, 9.17) is 5.73 Å². The van der Waals surface area contributed by atoms with Crippen molar-refractivity contribution in [3.63, 3.8) is 0 Å². The highest BCUT2D eigenvalue weighted by Crippen LogP contribution is 2.27. The van der Waals surface area contributed by atoms with Gasteiger partial charge in [0.15, 0.2) is 0 Å². The molecule has 3 rings (SSSR count). The Balaban J connectivity index is 1.66. The molecule has 2 fully saturated rings. The van der Waals surface area contributed by atoms with Crippen LogP contribution in [0.25, 0.3) is 0 Å². The Morgan fingerprint density at radius 3 is 2.56 bits per heavy atom. The molecule has 1 aliphatic carbocycles. The Bertz CT molecular complexity index is 421. The average molecular weight is 247 g/mol. The van der Waals surface area contributed by atoms with Gasteiger partial charge in [-0.2, -0.15) is 0 Å². The fourth-order valence-electron chi connectivity index (χ4n) is 2.56. The number of aryl methyl sites for hydroxylation is 1. The van der Waals surface area contributed by atoms with Gasteiger partial charge in [0.1, 0.15) is 0 Å². The van der Waals surface area contributed by atoms with Crippen molar-refractivity contribution in [1.29, 1.82) is 0 Å². The predicted molar refractivity (Wildman–Crippen MR) is 71.5 cm³/mol. The zero-order valence-electron chi connectivity index (χ0n) is 11.0. The summed E-state index contributed by atoms with van der Waals surface area (Å²) in [4.78, 5) is 13.9. The first-order valence-electron chi connectivity index (χ1n) is 6.79. The van der Waals surface area contributed by atoms with Crippen molar-refractivity contribution < 1.29 is 0 Å². The Hall–Kier alpha value is -1.20. The molecule has 18 heavy (non-hydrogen) atoms. The first-order chi connectivity index (χ1) is 8.78. The van der Waals surface area contributed by atoms with Crippen LogP contribution in [0.3, 0.4) is 0 Å². The smallest absolute Gasteiger partial charge is 0.225 e. The van der Waals surface area contributed by atoms with Gasteiger partial charge >= 0.3 is 0 Å². The molecule has 0 spiro atoms. The maximum absolute atomic E-state index is 5.64. The number of piperazine rings is 1. The molecule has 5 heteroatoms. The van der Waals surface area contributed by atoms with E-state index in [0.29, 0.717) is 6.54 Å². The van der Waals surface area contributed by atoms with Gasteiger partial charge in [0.2, 0.25) is 5.95 Å². The van der Waals surface area contributed by atoms with Gasteiger partial charge in [0.25, 0.3) is 0 Å². The van der Waals surface area contributed by atoms with Crippen LogP contribution < -0.4 is 10.6 Å². The summed E-state index contributed by atoms with van der Waals surface area (Å²) in [5.74, 6) is 0.861. The average Bonchev–Trinajstić information content (AvgIpc) is 3.23. The van der Waals surface area contributed by atoms with E-state index in [2.05, 4.69) is 19.8 Å². The number of nitrogens with two attached hydrogens (primary N) is 1. The van der Waals surface area contributed by atoms with E-state index in [-0.39, 0.29) is 0 Å². The first kappa shape index (κ1) is 11.9. The number of hydrogen-bond acceptors (Lipinski definition) is 5. The van der Waals surface area contributed by atoms with Crippen LogP contribution in [0.4, 0.5) is 5.95 Å². The minimum absolute atomic E-state index is 0.515. The van der Waals surface area contributed by atoms with E-state index in [1.54, 1.807) is 0 Å². The quantitative estimate of drug-likeness (QED) is 0.844. The second kappa shape index (κ2) is 4.82. The van der Waals surface area contributed by atoms with Crippen LogP contribution in [0, 0.1) is 6.92 Å². The van der Waals surface area contributed by atoms with E-state index < -0.39 is 0 Å². The molecule has 0 amide bonds. The highest BCUT2D eigenvalue weighted by Gasteiger charge is 2.31. The third-order valence-corrected chi connectivity index (χ3v) is 3.95. The van der Waals surface area contributed by atoms with Crippen molar-refractivity contribution in [2.75, 3.05) is 31.1 Å². The molecule has 1 saturated carbocycles. The van der Waals surface area contributed by atoms with Gasteiger partial charge in [-0.05, 0) is 19.8 Å². The van der Waals surface area contributed by atoms with Gasteiger partial charge in [0, 0.05) is 56.2 Å². The Morgan fingerprint density at radius 2 is 2.00 bits per heavy atom. The van der Waals surface area contributed by atoms with Crippen molar-refractivity contribution in [3.05, 3.63) is 17.5 Å². The number of nitrogens with zero attached hydrogens (tertiary/aromatic N) is 4. The summed E-state index contributed by atoms with van der Waals surface area (Å²) in [6.45, 7) is 6.89. The highest BCUT2D eigenvalue weighted by molar-refractivity contribution is 5.33. The minimum Gasteiger partial charge on any atom is -0.338 e. The second-order valence-corrected chi connectivity index (χ2v) is 5.24. The Kier molecular flexibility index (Phi) is 3.18. The molecule has 0 radical (unpaired) electrons. The SMILES string of the molecule is Cc1nc(N2CCN(C3CC3)CC2)ncc1CN. The summed E-state index contributed by atoms with van der Waals surface area (Å²) in [5.41, 5.74) is 7.68. The van der Waals surface area contributed by atoms with E-state index >= 15 is 0 Å². The van der Waals surface area contributed by atoms with Crippen LogP contribution in [-0.4, -0.2) is 47.1 Å². The van der Waals surface area contributed by atoms with Crippen LogP contribution in [-0.2, 0) is 6.54 Å². The van der Waals surface area contributed by atoms with Crippen LogP contribution in [0.2, 0.25) is 0 Å². The topological polar surface area (TPSA) is 58.3 Å². The van der Waals surface area contributed by atoms with Crippen LogP contribution in [0.15, 0.2) is 6.20 Å². The highest BCUT2D eigenvalue weighted by atomic mass is 15.3. The molecular formula is C13H21N5. The largest absolute Gasteiger partial charge is 0.338 e. The third kappa shape index (κ3) is 2.33. The fourth-order valence-corrected chi connectivity index (χ4v) is 2.56. The van der Waals surface area contributed by atoms with E-state index in [9.17, 15) is 0 Å². The van der Waals surface area contributed by atoms with Gasteiger partial charge in [-0.15, -0.1) is 0 Å². The van der Waals surface area contributed by atoms with Gasteiger partial charge in [0.05, 0.1) is 0 Å². The molecule has 1 aromatic rings. The monoisotopic (exact) mass is 247 g/mol. The van der Waals surface area contributed by atoms with Crippen molar-refractivity contribution in [1.82, 2.24) is 14.9 Å². The summed E-state index contributed by atoms with van der Waals surface area (Å²) in [7, 11) is 0. The predicted octanol–water partition coefficient (Wildman–Crippen LogP) is 0.528. The molecule has 0 aromatic carbocycles. The molecular weight excluding hydrogens is 226 g/mol. The van der Waals surface area contributed by atoms with Crippen LogP contribution in [0.5, 0.6) is 0 Å². The van der Waals surface area contributed by atoms with E-state index in [0.717, 1.165) is 49.4 Å². The zero-order chi connectivity index (χ0) is 12.5. The number of anilines is 1.